The van der Waals surface area contributed by atoms with Gasteiger partial charge in [-0.15, -0.1) is 0 Å². The first-order valence-electron chi connectivity index (χ1n) is 9.20. The summed E-state index contributed by atoms with van der Waals surface area (Å²) in [5.74, 6) is 0. The van der Waals surface area contributed by atoms with E-state index in [1.54, 1.807) is 0 Å². The molecule has 3 heteroatoms. The molecule has 0 amide bonds. The molecule has 0 atom stereocenters. The van der Waals surface area contributed by atoms with Gasteiger partial charge in [-0.2, -0.15) is 0 Å². The molecule has 0 aromatic heterocycles. The molecule has 0 bridgehead atoms. The van der Waals surface area contributed by atoms with Crippen LogP contribution in [-0.4, -0.2) is 5.71 Å². The van der Waals surface area contributed by atoms with E-state index in [1.807, 2.05) is 121 Å². The summed E-state index contributed by atoms with van der Waals surface area (Å²) in [5, 5.41) is 1.45. The van der Waals surface area contributed by atoms with Gasteiger partial charge >= 0.3 is 0 Å². The van der Waals surface area contributed by atoms with Gasteiger partial charge in [0.25, 0.3) is 0 Å². The van der Waals surface area contributed by atoms with Crippen LogP contribution >= 0.6 is 7.29 Å². The van der Waals surface area contributed by atoms with E-state index in [9.17, 15) is 4.57 Å². The van der Waals surface area contributed by atoms with E-state index in [0.717, 1.165) is 27.4 Å². The van der Waals surface area contributed by atoms with Crippen LogP contribution in [0.4, 0.5) is 0 Å². The Bertz CT molecular complexity index is 1020. The third-order valence-corrected chi connectivity index (χ3v) is 7.03. The fourth-order valence-electron chi connectivity index (χ4n) is 3.14. The molecule has 2 nitrogen and oxygen atoms in total. The molecule has 4 aromatic rings. The molecular weight excluding hydrogens is 361 g/mol. The minimum Gasteiger partial charge on any atom is -0.288 e. The zero-order chi connectivity index (χ0) is 19.2. The zero-order valence-corrected chi connectivity index (χ0v) is 16.2. The Labute approximate surface area is 165 Å². The van der Waals surface area contributed by atoms with Crippen molar-refractivity contribution in [3.63, 3.8) is 0 Å². The largest absolute Gasteiger partial charge is 0.288 e. The third-order valence-electron chi connectivity index (χ3n) is 4.55. The minimum atomic E-state index is -3.22. The first-order valence-corrected chi connectivity index (χ1v) is 10.9. The summed E-state index contributed by atoms with van der Waals surface area (Å²) in [5.41, 5.74) is 2.62. The fraction of sp³-hybridized carbons (Fsp3) is 0. The summed E-state index contributed by atoms with van der Waals surface area (Å²) in [7, 11) is -3.22. The van der Waals surface area contributed by atoms with E-state index in [2.05, 4.69) is 0 Å². The summed E-state index contributed by atoms with van der Waals surface area (Å²) in [6.45, 7) is 0. The summed E-state index contributed by atoms with van der Waals surface area (Å²) < 4.78 is 19.3. The highest BCUT2D eigenvalue weighted by molar-refractivity contribution is 7.77. The van der Waals surface area contributed by atoms with E-state index in [1.165, 1.54) is 0 Å². The average Bonchev–Trinajstić information content (AvgIpc) is 2.80. The molecule has 0 aliphatic carbocycles. The quantitative estimate of drug-likeness (QED) is 0.334. The lowest BCUT2D eigenvalue weighted by Gasteiger charge is -2.17. The van der Waals surface area contributed by atoms with Gasteiger partial charge in [-0.3, -0.25) is 4.57 Å². The Kier molecular flexibility index (Phi) is 5.32. The Hall–Kier alpha value is -3.22. The van der Waals surface area contributed by atoms with Crippen molar-refractivity contribution >= 4 is 23.6 Å². The predicted octanol–water partition coefficient (Wildman–Crippen LogP) is 5.45. The summed E-state index contributed by atoms with van der Waals surface area (Å²) in [4.78, 5) is 0. The Morgan fingerprint density at radius 3 is 1.18 bits per heavy atom. The van der Waals surface area contributed by atoms with Gasteiger partial charge in [0.05, 0.1) is 5.71 Å². The van der Waals surface area contributed by atoms with Crippen LogP contribution in [0.25, 0.3) is 0 Å². The fourth-order valence-corrected chi connectivity index (χ4v) is 5.33. The molecule has 0 saturated heterocycles. The molecule has 0 radical (unpaired) electrons. The molecule has 0 unspecified atom stereocenters. The molecule has 28 heavy (non-hydrogen) atoms. The lowest BCUT2D eigenvalue weighted by Crippen LogP contribution is -2.16. The summed E-state index contributed by atoms with van der Waals surface area (Å²) >= 11 is 0. The molecule has 0 aliphatic heterocycles. The molecule has 4 rings (SSSR count). The summed E-state index contributed by atoms with van der Waals surface area (Å²) in [6.07, 6.45) is 0. The molecule has 0 spiro atoms. The second kappa shape index (κ2) is 8.21. The van der Waals surface area contributed by atoms with E-state index < -0.39 is 7.29 Å². The maximum absolute atomic E-state index is 14.4. The van der Waals surface area contributed by atoms with Crippen LogP contribution in [0.5, 0.6) is 0 Å². The monoisotopic (exact) mass is 381 g/mol. The van der Waals surface area contributed by atoms with Gasteiger partial charge in [-0.1, -0.05) is 97.1 Å². The van der Waals surface area contributed by atoms with Gasteiger partial charge in [0.1, 0.15) is 0 Å². The van der Waals surface area contributed by atoms with Gasteiger partial charge in [-0.05, 0) is 24.3 Å². The van der Waals surface area contributed by atoms with Crippen LogP contribution < -0.4 is 10.6 Å². The first-order chi connectivity index (χ1) is 13.8. The normalized spacial score (nSPS) is 11.0. The van der Waals surface area contributed by atoms with Crippen molar-refractivity contribution in [2.75, 3.05) is 0 Å². The SMILES string of the molecule is O=P(N=C(c1ccccc1)c1ccccc1)(c1ccccc1)c1ccccc1. The maximum Gasteiger partial charge on any atom is 0.247 e. The van der Waals surface area contributed by atoms with Crippen LogP contribution in [-0.2, 0) is 4.57 Å². The summed E-state index contributed by atoms with van der Waals surface area (Å²) in [6, 6.07) is 38.9. The van der Waals surface area contributed by atoms with Crippen LogP contribution in [0.1, 0.15) is 11.1 Å². The van der Waals surface area contributed by atoms with Crippen molar-refractivity contribution in [1.29, 1.82) is 0 Å². The molecule has 0 N–H and O–H groups in total. The number of hydrogen-bond acceptors (Lipinski definition) is 1. The van der Waals surface area contributed by atoms with Crippen LogP contribution in [0.2, 0.25) is 0 Å². The topological polar surface area (TPSA) is 29.4 Å². The third kappa shape index (κ3) is 3.74. The van der Waals surface area contributed by atoms with Gasteiger partial charge in [0.15, 0.2) is 0 Å². The highest BCUT2D eigenvalue weighted by atomic mass is 31.2. The first kappa shape index (κ1) is 18.2. The highest BCUT2D eigenvalue weighted by Gasteiger charge is 2.27. The average molecular weight is 381 g/mol. The van der Waals surface area contributed by atoms with E-state index >= 15 is 0 Å². The van der Waals surface area contributed by atoms with Gasteiger partial charge in [0.2, 0.25) is 7.29 Å². The van der Waals surface area contributed by atoms with Gasteiger partial charge < -0.3 is 0 Å². The second-order valence-corrected chi connectivity index (χ2v) is 8.81. The number of hydrogen-bond donors (Lipinski definition) is 0. The maximum atomic E-state index is 14.4. The van der Waals surface area contributed by atoms with Crippen molar-refractivity contribution in [2.24, 2.45) is 4.76 Å². The molecule has 0 aliphatic rings. The number of benzene rings is 4. The number of nitrogens with zero attached hydrogens (tertiary/aromatic N) is 1. The lowest BCUT2D eigenvalue weighted by atomic mass is 10.0. The molecule has 4 aromatic carbocycles. The van der Waals surface area contributed by atoms with Crippen molar-refractivity contribution < 1.29 is 4.57 Å². The second-order valence-electron chi connectivity index (χ2n) is 6.43. The smallest absolute Gasteiger partial charge is 0.247 e. The van der Waals surface area contributed by atoms with Crippen LogP contribution in [0.15, 0.2) is 126 Å². The molecule has 0 fully saturated rings. The molecule has 0 saturated carbocycles. The molecule has 0 heterocycles. The van der Waals surface area contributed by atoms with Gasteiger partial charge in [-0.25, -0.2) is 4.76 Å². The highest BCUT2D eigenvalue weighted by Crippen LogP contribution is 2.46. The minimum absolute atomic E-state index is 0.727. The van der Waals surface area contributed by atoms with E-state index in [4.69, 9.17) is 4.76 Å². The Morgan fingerprint density at radius 2 is 0.821 bits per heavy atom. The van der Waals surface area contributed by atoms with Gasteiger partial charge in [0, 0.05) is 21.7 Å². The van der Waals surface area contributed by atoms with Crippen LogP contribution in [0, 0.1) is 0 Å². The lowest BCUT2D eigenvalue weighted by molar-refractivity contribution is 0.588. The van der Waals surface area contributed by atoms with Crippen molar-refractivity contribution in [1.82, 2.24) is 0 Å². The Morgan fingerprint density at radius 1 is 0.500 bits per heavy atom. The standard InChI is InChI=1S/C25H20NOP/c27-28(23-17-9-3-10-18-23,24-19-11-4-12-20-24)26-25(21-13-5-1-6-14-21)22-15-7-2-8-16-22/h1-20H. The Balaban J connectivity index is 1.99. The molecule has 136 valence electrons. The van der Waals surface area contributed by atoms with Crippen molar-refractivity contribution in [2.45, 2.75) is 0 Å². The number of rotatable bonds is 5. The van der Waals surface area contributed by atoms with E-state index in [-0.39, 0.29) is 0 Å². The van der Waals surface area contributed by atoms with Crippen LogP contribution in [0.3, 0.4) is 0 Å². The molecular formula is C25H20NOP. The van der Waals surface area contributed by atoms with Crippen molar-refractivity contribution in [3.05, 3.63) is 132 Å². The van der Waals surface area contributed by atoms with E-state index in [0.29, 0.717) is 0 Å². The van der Waals surface area contributed by atoms with Crippen molar-refractivity contribution in [3.8, 4) is 0 Å². The zero-order valence-electron chi connectivity index (χ0n) is 15.3. The predicted molar refractivity (Wildman–Crippen MR) is 118 cm³/mol.